The molecule has 1 unspecified atom stereocenters. The summed E-state index contributed by atoms with van der Waals surface area (Å²) in [7, 11) is 8.21. The maximum absolute atomic E-state index is 6.01. The first-order valence-electron chi connectivity index (χ1n) is 4.94. The summed E-state index contributed by atoms with van der Waals surface area (Å²) in [6, 6.07) is 0. The minimum Gasteiger partial charge on any atom is -0.347 e. The van der Waals surface area contributed by atoms with Gasteiger partial charge >= 0.3 is 0 Å². The second-order valence-electron chi connectivity index (χ2n) is 4.36. The lowest BCUT2D eigenvalue weighted by Gasteiger charge is -2.44. The summed E-state index contributed by atoms with van der Waals surface area (Å²) < 4.78 is 0. The lowest BCUT2D eigenvalue weighted by atomic mass is 9.85. The van der Waals surface area contributed by atoms with Crippen LogP contribution in [0.5, 0.6) is 0 Å². The molecule has 2 rings (SSSR count). The van der Waals surface area contributed by atoms with Crippen LogP contribution in [0.4, 0.5) is 0 Å². The average molecular weight is 164 g/mol. The molecule has 2 aliphatic heterocycles. The maximum atomic E-state index is 6.01. The molecule has 2 saturated heterocycles. The molecule has 1 atom stereocenters. The summed E-state index contributed by atoms with van der Waals surface area (Å²) >= 11 is 0. The van der Waals surface area contributed by atoms with Crippen LogP contribution in [0, 0.1) is 0 Å². The van der Waals surface area contributed by atoms with E-state index in [-0.39, 0.29) is 0 Å². The van der Waals surface area contributed by atoms with Crippen molar-refractivity contribution in [1.82, 2.24) is 9.71 Å². The SMILES string of the molecule is [B]N1CCCC12CCCN(C)C2. The van der Waals surface area contributed by atoms with Gasteiger partial charge in [0.05, 0.1) is 0 Å². The molecule has 12 heavy (non-hydrogen) atoms. The molecule has 2 aliphatic rings. The average Bonchev–Trinajstić information content (AvgIpc) is 2.33. The van der Waals surface area contributed by atoms with Gasteiger partial charge in [0, 0.05) is 12.1 Å². The normalized spacial score (nSPS) is 39.4. The monoisotopic (exact) mass is 164 g/mol. The van der Waals surface area contributed by atoms with E-state index in [0.29, 0.717) is 5.54 Å². The van der Waals surface area contributed by atoms with E-state index in [2.05, 4.69) is 16.8 Å². The highest BCUT2D eigenvalue weighted by Gasteiger charge is 2.40. The van der Waals surface area contributed by atoms with Gasteiger partial charge in [-0.3, -0.25) is 0 Å². The number of hydrogen-bond donors (Lipinski definition) is 0. The van der Waals surface area contributed by atoms with Crippen LogP contribution in [-0.4, -0.2) is 49.9 Å². The third kappa shape index (κ3) is 1.29. The standard InChI is InChI=1S/C9H17BN2/c1-11-6-2-4-9(8-11)5-3-7-12(9)10/h2-8H2,1H3. The minimum absolute atomic E-state index is 0.340. The van der Waals surface area contributed by atoms with Crippen molar-refractivity contribution < 1.29 is 0 Å². The van der Waals surface area contributed by atoms with Crippen molar-refractivity contribution in [1.29, 1.82) is 0 Å². The molecule has 0 aromatic carbocycles. The van der Waals surface area contributed by atoms with E-state index < -0.39 is 0 Å². The van der Waals surface area contributed by atoms with Crippen LogP contribution >= 0.6 is 0 Å². The number of likely N-dealkylation sites (tertiary alicyclic amines) is 1. The molecule has 0 aromatic heterocycles. The van der Waals surface area contributed by atoms with Crippen molar-refractivity contribution in [3.63, 3.8) is 0 Å². The van der Waals surface area contributed by atoms with Gasteiger partial charge in [0.25, 0.3) is 0 Å². The van der Waals surface area contributed by atoms with Gasteiger partial charge in [-0.05, 0) is 45.8 Å². The van der Waals surface area contributed by atoms with E-state index in [4.69, 9.17) is 7.98 Å². The Morgan fingerprint density at radius 3 is 2.33 bits per heavy atom. The Morgan fingerprint density at radius 1 is 1.17 bits per heavy atom. The van der Waals surface area contributed by atoms with Gasteiger partial charge in [0.1, 0.15) is 0 Å². The Morgan fingerprint density at radius 2 is 1.83 bits per heavy atom. The molecule has 0 aliphatic carbocycles. The summed E-state index contributed by atoms with van der Waals surface area (Å²) in [4.78, 5) is 4.50. The number of nitrogens with zero attached hydrogens (tertiary/aromatic N) is 2. The van der Waals surface area contributed by atoms with E-state index in [1.54, 1.807) is 0 Å². The van der Waals surface area contributed by atoms with Crippen LogP contribution in [0.2, 0.25) is 0 Å². The minimum atomic E-state index is 0.340. The molecule has 1 spiro atoms. The fraction of sp³-hybridized carbons (Fsp3) is 1.00. The fourth-order valence-corrected chi connectivity index (χ4v) is 2.74. The van der Waals surface area contributed by atoms with Gasteiger partial charge in [-0.25, -0.2) is 0 Å². The quantitative estimate of drug-likeness (QED) is 0.484. The summed E-state index contributed by atoms with van der Waals surface area (Å²) in [5.74, 6) is 0. The predicted molar refractivity (Wildman–Crippen MR) is 51.2 cm³/mol. The van der Waals surface area contributed by atoms with Gasteiger partial charge in [0.15, 0.2) is 7.98 Å². The Hall–Kier alpha value is -0.0151. The zero-order valence-electron chi connectivity index (χ0n) is 7.92. The van der Waals surface area contributed by atoms with Crippen molar-refractivity contribution in [3.8, 4) is 0 Å². The molecule has 2 heterocycles. The second kappa shape index (κ2) is 3.04. The van der Waals surface area contributed by atoms with Crippen LogP contribution < -0.4 is 0 Å². The molecule has 2 radical (unpaired) electrons. The lowest BCUT2D eigenvalue weighted by molar-refractivity contribution is 0.109. The van der Waals surface area contributed by atoms with Crippen LogP contribution in [0.3, 0.4) is 0 Å². The summed E-state index contributed by atoms with van der Waals surface area (Å²) in [6.07, 6.45) is 5.19. The van der Waals surface area contributed by atoms with Crippen LogP contribution in [-0.2, 0) is 0 Å². The maximum Gasteiger partial charge on any atom is 0.183 e. The van der Waals surface area contributed by atoms with Crippen LogP contribution in [0.25, 0.3) is 0 Å². The van der Waals surface area contributed by atoms with Crippen molar-refractivity contribution in [2.75, 3.05) is 26.7 Å². The molecule has 2 fully saturated rings. The number of hydrogen-bond acceptors (Lipinski definition) is 2. The highest BCUT2D eigenvalue weighted by Crippen LogP contribution is 2.34. The molecule has 66 valence electrons. The molecule has 0 aromatic rings. The molecular weight excluding hydrogens is 147 g/mol. The van der Waals surface area contributed by atoms with Crippen molar-refractivity contribution >= 4 is 7.98 Å². The van der Waals surface area contributed by atoms with Gasteiger partial charge in [-0.15, -0.1) is 0 Å². The summed E-state index contributed by atoms with van der Waals surface area (Å²) in [5, 5.41) is 0. The second-order valence-corrected chi connectivity index (χ2v) is 4.36. The lowest BCUT2D eigenvalue weighted by Crippen LogP contribution is -2.53. The first-order valence-corrected chi connectivity index (χ1v) is 4.94. The van der Waals surface area contributed by atoms with E-state index in [1.165, 1.54) is 38.8 Å². The Bertz CT molecular complexity index is 174. The largest absolute Gasteiger partial charge is 0.347 e. The zero-order valence-corrected chi connectivity index (χ0v) is 7.92. The van der Waals surface area contributed by atoms with Crippen LogP contribution in [0.15, 0.2) is 0 Å². The van der Waals surface area contributed by atoms with E-state index in [1.807, 2.05) is 0 Å². The van der Waals surface area contributed by atoms with Gasteiger partial charge in [-0.1, -0.05) is 0 Å². The van der Waals surface area contributed by atoms with E-state index in [9.17, 15) is 0 Å². The molecular formula is C9H17BN2. The highest BCUT2D eigenvalue weighted by molar-refractivity contribution is 6.05. The predicted octanol–water partition coefficient (Wildman–Crippen LogP) is 0.630. The van der Waals surface area contributed by atoms with Gasteiger partial charge in [0.2, 0.25) is 0 Å². The Labute approximate surface area is 76.3 Å². The zero-order chi connectivity index (χ0) is 8.60. The van der Waals surface area contributed by atoms with Gasteiger partial charge in [-0.2, -0.15) is 0 Å². The highest BCUT2D eigenvalue weighted by atomic mass is 15.2. The van der Waals surface area contributed by atoms with Gasteiger partial charge < -0.3 is 9.71 Å². The topological polar surface area (TPSA) is 6.48 Å². The van der Waals surface area contributed by atoms with Crippen molar-refractivity contribution in [3.05, 3.63) is 0 Å². The first kappa shape index (κ1) is 8.58. The van der Waals surface area contributed by atoms with Crippen molar-refractivity contribution in [2.24, 2.45) is 0 Å². The number of rotatable bonds is 0. The summed E-state index contributed by atoms with van der Waals surface area (Å²) in [5.41, 5.74) is 0.340. The third-order valence-electron chi connectivity index (χ3n) is 3.40. The Kier molecular flexibility index (Phi) is 2.17. The van der Waals surface area contributed by atoms with E-state index >= 15 is 0 Å². The molecule has 0 N–H and O–H groups in total. The molecule has 0 saturated carbocycles. The molecule has 0 amide bonds. The van der Waals surface area contributed by atoms with E-state index in [0.717, 1.165) is 6.54 Å². The van der Waals surface area contributed by atoms with Crippen LogP contribution in [0.1, 0.15) is 25.7 Å². The first-order chi connectivity index (χ1) is 5.73. The Balaban J connectivity index is 2.08. The summed E-state index contributed by atoms with van der Waals surface area (Å²) in [6.45, 7) is 3.51. The van der Waals surface area contributed by atoms with Crippen molar-refractivity contribution in [2.45, 2.75) is 31.2 Å². The third-order valence-corrected chi connectivity index (χ3v) is 3.40. The fourth-order valence-electron chi connectivity index (χ4n) is 2.74. The molecule has 3 heteroatoms. The molecule has 0 bridgehead atoms. The number of likely N-dealkylation sites (N-methyl/N-ethyl adjacent to an activating group) is 1. The smallest absolute Gasteiger partial charge is 0.183 e. The molecule has 2 nitrogen and oxygen atoms in total. The number of piperidine rings is 1.